The molecule has 2 atom stereocenters. The Morgan fingerprint density at radius 3 is 2.94 bits per heavy atom. The first-order valence-corrected chi connectivity index (χ1v) is 12.3. The Morgan fingerprint density at radius 2 is 2.09 bits per heavy atom. The number of rotatable bonds is 3. The fourth-order valence-electron chi connectivity index (χ4n) is 5.65. The molecule has 0 N–H and O–H groups in total. The number of benzene rings is 1. The van der Waals surface area contributed by atoms with Gasteiger partial charge in [-0.1, -0.05) is 19.1 Å². The summed E-state index contributed by atoms with van der Waals surface area (Å²) in [6.45, 7) is 7.91. The lowest BCUT2D eigenvalue weighted by molar-refractivity contribution is 0.0602. The van der Waals surface area contributed by atoms with Gasteiger partial charge in [-0.25, -0.2) is 9.50 Å². The molecule has 2 aromatic heterocycles. The summed E-state index contributed by atoms with van der Waals surface area (Å²) in [4.78, 5) is 23.0. The maximum absolute atomic E-state index is 13.7. The number of piperidine rings is 1. The van der Waals surface area contributed by atoms with Crippen LogP contribution in [0.1, 0.15) is 65.8 Å². The lowest BCUT2D eigenvalue weighted by atomic mass is 9.97. The van der Waals surface area contributed by atoms with Gasteiger partial charge in [-0.05, 0) is 50.2 Å². The molecule has 2 fully saturated rings. The van der Waals surface area contributed by atoms with Crippen molar-refractivity contribution in [3.05, 3.63) is 52.8 Å². The van der Waals surface area contributed by atoms with E-state index in [0.717, 1.165) is 79.4 Å². The van der Waals surface area contributed by atoms with Gasteiger partial charge in [0, 0.05) is 43.9 Å². The second kappa shape index (κ2) is 8.04. The summed E-state index contributed by atoms with van der Waals surface area (Å²) < 4.78 is 7.71. The summed E-state index contributed by atoms with van der Waals surface area (Å²) in [6, 6.07) is 7.96. The van der Waals surface area contributed by atoms with Crippen LogP contribution in [-0.2, 0) is 6.42 Å². The lowest BCUT2D eigenvalue weighted by Crippen LogP contribution is -2.38. The number of anilines is 1. The fourth-order valence-corrected chi connectivity index (χ4v) is 5.65. The van der Waals surface area contributed by atoms with E-state index in [1.165, 1.54) is 6.42 Å². The summed E-state index contributed by atoms with van der Waals surface area (Å²) in [5.41, 5.74) is 4.73. The standard InChI is InChI=1S/C26H31N5O2/c1-17-9-12-29(15-17)25-18(2)16-31-23(27-25)14-21(28-31)22-8-3-4-11-30(22)26(32)20-7-5-6-19-10-13-33-24(19)20/h5-7,14,16-17,22H,3-4,8-13,15H2,1-2H3/t17-,22-/m0/s1. The van der Waals surface area contributed by atoms with Gasteiger partial charge in [0.05, 0.1) is 23.9 Å². The van der Waals surface area contributed by atoms with Gasteiger partial charge in [-0.3, -0.25) is 4.79 Å². The van der Waals surface area contributed by atoms with Gasteiger partial charge in [0.15, 0.2) is 5.65 Å². The minimum absolute atomic E-state index is 0.0409. The third-order valence-corrected chi connectivity index (χ3v) is 7.40. The van der Waals surface area contributed by atoms with Crippen LogP contribution in [-0.4, -0.2) is 51.6 Å². The van der Waals surface area contributed by atoms with Crippen molar-refractivity contribution in [3.63, 3.8) is 0 Å². The second-order valence-electron chi connectivity index (χ2n) is 9.86. The number of nitrogens with zero attached hydrogens (tertiary/aromatic N) is 5. The number of hydrogen-bond acceptors (Lipinski definition) is 5. The van der Waals surface area contributed by atoms with Gasteiger partial charge in [0.25, 0.3) is 5.91 Å². The highest BCUT2D eigenvalue weighted by atomic mass is 16.5. The van der Waals surface area contributed by atoms with Crippen molar-refractivity contribution in [2.45, 2.75) is 52.0 Å². The molecule has 0 radical (unpaired) electrons. The van der Waals surface area contributed by atoms with Crippen molar-refractivity contribution in [2.75, 3.05) is 31.1 Å². The van der Waals surface area contributed by atoms with E-state index in [9.17, 15) is 4.79 Å². The lowest BCUT2D eigenvalue weighted by Gasteiger charge is -2.35. The van der Waals surface area contributed by atoms with Crippen molar-refractivity contribution in [2.24, 2.45) is 5.92 Å². The summed E-state index contributed by atoms with van der Waals surface area (Å²) >= 11 is 0. The number of carbonyl (C=O) groups is 1. The Hall–Kier alpha value is -3.09. The number of aromatic nitrogens is 3. The zero-order valence-electron chi connectivity index (χ0n) is 19.5. The monoisotopic (exact) mass is 445 g/mol. The quantitative estimate of drug-likeness (QED) is 0.605. The van der Waals surface area contributed by atoms with Crippen LogP contribution in [0.2, 0.25) is 0 Å². The SMILES string of the molecule is Cc1cn2nc([C@@H]3CCCCN3C(=O)c3cccc4c3OCC4)cc2nc1N1CC[C@H](C)C1. The molecule has 5 heterocycles. The highest BCUT2D eigenvalue weighted by Crippen LogP contribution is 2.36. The molecule has 0 spiro atoms. The molecule has 0 unspecified atom stereocenters. The van der Waals surface area contributed by atoms with Crippen LogP contribution >= 0.6 is 0 Å². The predicted octanol–water partition coefficient (Wildman–Crippen LogP) is 4.19. The van der Waals surface area contributed by atoms with Crippen molar-refractivity contribution in [1.82, 2.24) is 19.5 Å². The highest BCUT2D eigenvalue weighted by Gasteiger charge is 2.33. The Kier molecular flexibility index (Phi) is 5.00. The van der Waals surface area contributed by atoms with Crippen molar-refractivity contribution in [1.29, 1.82) is 0 Å². The minimum Gasteiger partial charge on any atom is -0.492 e. The smallest absolute Gasteiger partial charge is 0.258 e. The van der Waals surface area contributed by atoms with E-state index < -0.39 is 0 Å². The fraction of sp³-hybridized carbons (Fsp3) is 0.500. The Balaban J connectivity index is 1.33. The zero-order chi connectivity index (χ0) is 22.5. The van der Waals surface area contributed by atoms with E-state index in [1.54, 1.807) is 0 Å². The summed E-state index contributed by atoms with van der Waals surface area (Å²) in [5, 5.41) is 4.89. The third kappa shape index (κ3) is 3.54. The summed E-state index contributed by atoms with van der Waals surface area (Å²) in [5.74, 6) is 2.58. The van der Waals surface area contributed by atoms with Crippen molar-refractivity contribution >= 4 is 17.4 Å². The number of likely N-dealkylation sites (tertiary alicyclic amines) is 1. The topological polar surface area (TPSA) is 63.0 Å². The van der Waals surface area contributed by atoms with E-state index in [4.69, 9.17) is 14.8 Å². The first-order chi connectivity index (χ1) is 16.1. The Morgan fingerprint density at radius 1 is 1.18 bits per heavy atom. The molecule has 7 heteroatoms. The summed E-state index contributed by atoms with van der Waals surface area (Å²) in [6.07, 6.45) is 7.19. The Labute approximate surface area is 194 Å². The van der Waals surface area contributed by atoms with Crippen LogP contribution < -0.4 is 9.64 Å². The molecular formula is C26H31N5O2. The molecule has 2 saturated heterocycles. The molecule has 0 aliphatic carbocycles. The van der Waals surface area contributed by atoms with Crippen LogP contribution in [0.5, 0.6) is 5.75 Å². The first kappa shape index (κ1) is 20.5. The maximum atomic E-state index is 13.7. The first-order valence-electron chi connectivity index (χ1n) is 12.3. The van der Waals surface area contributed by atoms with Crippen molar-refractivity contribution < 1.29 is 9.53 Å². The molecule has 6 rings (SSSR count). The molecular weight excluding hydrogens is 414 g/mol. The molecule has 0 saturated carbocycles. The van der Waals surface area contributed by atoms with Crippen LogP contribution in [0.4, 0.5) is 5.82 Å². The molecule has 33 heavy (non-hydrogen) atoms. The maximum Gasteiger partial charge on any atom is 0.258 e. The van der Waals surface area contributed by atoms with E-state index in [-0.39, 0.29) is 11.9 Å². The molecule has 0 bridgehead atoms. The van der Waals surface area contributed by atoms with Crippen molar-refractivity contribution in [3.8, 4) is 5.75 Å². The largest absolute Gasteiger partial charge is 0.492 e. The number of hydrogen-bond donors (Lipinski definition) is 0. The number of fused-ring (bicyclic) bond motifs is 2. The van der Waals surface area contributed by atoms with Gasteiger partial charge < -0.3 is 14.5 Å². The number of aryl methyl sites for hydroxylation is 1. The number of para-hydroxylation sites is 1. The van der Waals surface area contributed by atoms with E-state index in [1.807, 2.05) is 21.5 Å². The van der Waals surface area contributed by atoms with Crippen LogP contribution in [0, 0.1) is 12.8 Å². The number of amides is 1. The van der Waals surface area contributed by atoms with Gasteiger partial charge >= 0.3 is 0 Å². The van der Waals surface area contributed by atoms with Gasteiger partial charge in [0.2, 0.25) is 0 Å². The molecule has 3 aliphatic rings. The van der Waals surface area contributed by atoms with Crippen LogP contribution in [0.25, 0.3) is 5.65 Å². The minimum atomic E-state index is -0.0409. The molecule has 3 aliphatic heterocycles. The van der Waals surface area contributed by atoms with Crippen LogP contribution in [0.3, 0.4) is 0 Å². The summed E-state index contributed by atoms with van der Waals surface area (Å²) in [7, 11) is 0. The molecule has 3 aromatic rings. The molecule has 1 aromatic carbocycles. The average Bonchev–Trinajstić information content (AvgIpc) is 3.57. The van der Waals surface area contributed by atoms with Crippen LogP contribution in [0.15, 0.2) is 30.5 Å². The second-order valence-corrected chi connectivity index (χ2v) is 9.86. The van der Waals surface area contributed by atoms with E-state index in [0.29, 0.717) is 18.1 Å². The van der Waals surface area contributed by atoms with Gasteiger partial charge in [-0.2, -0.15) is 5.10 Å². The molecule has 172 valence electrons. The zero-order valence-corrected chi connectivity index (χ0v) is 19.5. The number of ether oxygens (including phenoxy) is 1. The predicted molar refractivity (Wildman–Crippen MR) is 127 cm³/mol. The highest BCUT2D eigenvalue weighted by molar-refractivity contribution is 5.98. The molecule has 7 nitrogen and oxygen atoms in total. The van der Waals surface area contributed by atoms with Gasteiger partial charge in [-0.15, -0.1) is 0 Å². The van der Waals surface area contributed by atoms with Gasteiger partial charge in [0.1, 0.15) is 11.6 Å². The third-order valence-electron chi connectivity index (χ3n) is 7.40. The normalized spacial score (nSPS) is 22.6. The van der Waals surface area contributed by atoms with E-state index >= 15 is 0 Å². The molecule has 1 amide bonds. The average molecular weight is 446 g/mol. The number of carbonyl (C=O) groups excluding carboxylic acids is 1. The van der Waals surface area contributed by atoms with E-state index in [2.05, 4.69) is 37.1 Å². The Bertz CT molecular complexity index is 1220.